The Kier molecular flexibility index (Phi) is 8.66. The van der Waals surface area contributed by atoms with Gasteiger partial charge in [-0.1, -0.05) is 74.5 Å². The van der Waals surface area contributed by atoms with E-state index in [-0.39, 0.29) is 30.9 Å². The van der Waals surface area contributed by atoms with Gasteiger partial charge in [0.1, 0.15) is 12.6 Å². The Morgan fingerprint density at radius 1 is 1.00 bits per heavy atom. The summed E-state index contributed by atoms with van der Waals surface area (Å²) in [6.45, 7) is 3.25. The average molecular weight is 513 g/mol. The van der Waals surface area contributed by atoms with Gasteiger partial charge in [-0.05, 0) is 35.6 Å². The number of amides is 3. The summed E-state index contributed by atoms with van der Waals surface area (Å²) in [6, 6.07) is 20.8. The molecule has 0 aliphatic carbocycles. The quantitative estimate of drug-likeness (QED) is 0.459. The molecule has 1 aliphatic rings. The highest BCUT2D eigenvalue weighted by Crippen LogP contribution is 2.31. The van der Waals surface area contributed by atoms with Crippen LogP contribution in [0.1, 0.15) is 35.3 Å². The van der Waals surface area contributed by atoms with Crippen molar-refractivity contribution >= 4 is 23.4 Å². The van der Waals surface area contributed by atoms with E-state index in [4.69, 9.17) is 0 Å². The molecule has 196 valence electrons. The maximum absolute atomic E-state index is 13.9. The van der Waals surface area contributed by atoms with Crippen LogP contribution in [0.2, 0.25) is 0 Å². The zero-order valence-electron chi connectivity index (χ0n) is 21.5. The minimum absolute atomic E-state index is 0.217. The average Bonchev–Trinajstić information content (AvgIpc) is 2.94. The third-order valence-corrected chi connectivity index (χ3v) is 6.43. The molecular formula is C30H32N4O4. The Hall–Kier alpha value is -4.30. The van der Waals surface area contributed by atoms with Crippen molar-refractivity contribution in [3.63, 3.8) is 0 Å². The van der Waals surface area contributed by atoms with Gasteiger partial charge in [0.25, 0.3) is 11.8 Å². The largest absolute Gasteiger partial charge is 0.394 e. The Morgan fingerprint density at radius 2 is 1.68 bits per heavy atom. The van der Waals surface area contributed by atoms with Gasteiger partial charge in [-0.3, -0.25) is 24.3 Å². The first-order chi connectivity index (χ1) is 18.4. The highest BCUT2D eigenvalue weighted by molar-refractivity contribution is 6.03. The fourth-order valence-electron chi connectivity index (χ4n) is 4.59. The van der Waals surface area contributed by atoms with Crippen molar-refractivity contribution in [3.8, 4) is 0 Å². The molecule has 0 bridgehead atoms. The molecule has 1 aliphatic heterocycles. The fourth-order valence-corrected chi connectivity index (χ4v) is 4.59. The van der Waals surface area contributed by atoms with E-state index in [0.717, 1.165) is 5.56 Å². The molecule has 2 heterocycles. The second kappa shape index (κ2) is 12.3. The van der Waals surface area contributed by atoms with Crippen LogP contribution < -0.4 is 5.32 Å². The molecule has 0 saturated heterocycles. The molecule has 4 rings (SSSR count). The molecule has 0 spiro atoms. The third kappa shape index (κ3) is 6.15. The Labute approximate surface area is 222 Å². The van der Waals surface area contributed by atoms with Crippen LogP contribution in [-0.4, -0.2) is 62.8 Å². The van der Waals surface area contributed by atoms with Crippen LogP contribution >= 0.6 is 0 Å². The van der Waals surface area contributed by atoms with E-state index in [1.807, 2.05) is 74.5 Å². The minimum Gasteiger partial charge on any atom is -0.394 e. The first-order valence-electron chi connectivity index (χ1n) is 12.6. The first-order valence-corrected chi connectivity index (χ1v) is 12.6. The van der Waals surface area contributed by atoms with Crippen LogP contribution in [0, 0.1) is 5.92 Å². The maximum Gasteiger partial charge on any atom is 0.260 e. The number of aliphatic hydroxyl groups is 1. The van der Waals surface area contributed by atoms with Crippen LogP contribution in [0.5, 0.6) is 0 Å². The number of hydrogen-bond donors (Lipinski definition) is 2. The number of aromatic nitrogens is 1. The highest BCUT2D eigenvalue weighted by atomic mass is 16.3. The van der Waals surface area contributed by atoms with E-state index in [0.29, 0.717) is 23.2 Å². The number of nitrogens with one attached hydrogen (secondary N) is 1. The zero-order valence-corrected chi connectivity index (χ0v) is 21.5. The van der Waals surface area contributed by atoms with Gasteiger partial charge in [0, 0.05) is 18.6 Å². The number of pyridine rings is 1. The van der Waals surface area contributed by atoms with Crippen LogP contribution in [0.25, 0.3) is 5.70 Å². The smallest absolute Gasteiger partial charge is 0.260 e. The maximum atomic E-state index is 13.9. The molecular weight excluding hydrogens is 480 g/mol. The number of carbonyl (C=O) groups is 3. The molecule has 3 aromatic rings. The lowest BCUT2D eigenvalue weighted by molar-refractivity contribution is -0.138. The molecule has 8 heteroatoms. The molecule has 3 amide bonds. The van der Waals surface area contributed by atoms with Gasteiger partial charge in [-0.2, -0.15) is 0 Å². The third-order valence-electron chi connectivity index (χ3n) is 6.43. The molecule has 0 fully saturated rings. The summed E-state index contributed by atoms with van der Waals surface area (Å²) in [5, 5.41) is 12.7. The fraction of sp³-hybridized carbons (Fsp3) is 0.267. The van der Waals surface area contributed by atoms with Crippen molar-refractivity contribution in [2.75, 3.05) is 13.2 Å². The van der Waals surface area contributed by atoms with E-state index in [2.05, 4.69) is 10.3 Å². The predicted octanol–water partition coefficient (Wildman–Crippen LogP) is 3.11. The molecule has 0 saturated carbocycles. The van der Waals surface area contributed by atoms with E-state index >= 15 is 0 Å². The van der Waals surface area contributed by atoms with Crippen molar-refractivity contribution in [3.05, 3.63) is 108 Å². The van der Waals surface area contributed by atoms with Gasteiger partial charge in [0.05, 0.1) is 23.9 Å². The molecule has 0 radical (unpaired) electrons. The Morgan fingerprint density at radius 3 is 2.29 bits per heavy atom. The second-order valence-electron chi connectivity index (χ2n) is 9.58. The first kappa shape index (κ1) is 26.8. The Balaban J connectivity index is 1.64. The highest BCUT2D eigenvalue weighted by Gasteiger charge is 2.41. The van der Waals surface area contributed by atoms with Crippen molar-refractivity contribution in [1.82, 2.24) is 20.1 Å². The predicted molar refractivity (Wildman–Crippen MR) is 144 cm³/mol. The molecule has 8 nitrogen and oxygen atoms in total. The van der Waals surface area contributed by atoms with Gasteiger partial charge < -0.3 is 15.3 Å². The van der Waals surface area contributed by atoms with Crippen LogP contribution in [0.3, 0.4) is 0 Å². The SMILES string of the molecule is CC(C)[C@@H]1C(=O)N(CC(=O)N[C@H](CO)Cc2ccccc2)C(c2ccccc2)=CN1C(=O)c1cccnc1. The van der Waals surface area contributed by atoms with Crippen LogP contribution in [0.4, 0.5) is 0 Å². The zero-order chi connectivity index (χ0) is 27.1. The molecule has 0 unspecified atom stereocenters. The number of aliphatic hydroxyl groups excluding tert-OH is 1. The summed E-state index contributed by atoms with van der Waals surface area (Å²) < 4.78 is 0. The van der Waals surface area contributed by atoms with E-state index < -0.39 is 18.0 Å². The van der Waals surface area contributed by atoms with Gasteiger partial charge in [0.15, 0.2) is 0 Å². The summed E-state index contributed by atoms with van der Waals surface area (Å²) in [5.74, 6) is -1.31. The number of hydrogen-bond acceptors (Lipinski definition) is 5. The molecule has 2 atom stereocenters. The second-order valence-corrected chi connectivity index (χ2v) is 9.58. The van der Waals surface area contributed by atoms with E-state index in [1.54, 1.807) is 24.5 Å². The van der Waals surface area contributed by atoms with Crippen molar-refractivity contribution < 1.29 is 19.5 Å². The lowest BCUT2D eigenvalue weighted by Crippen LogP contribution is -2.56. The summed E-state index contributed by atoms with van der Waals surface area (Å²) in [4.78, 5) is 47.5. The van der Waals surface area contributed by atoms with Crippen molar-refractivity contribution in [2.45, 2.75) is 32.4 Å². The van der Waals surface area contributed by atoms with Gasteiger partial charge in [0.2, 0.25) is 5.91 Å². The molecule has 2 N–H and O–H groups in total. The Bertz CT molecular complexity index is 1280. The monoisotopic (exact) mass is 512 g/mol. The summed E-state index contributed by atoms with van der Waals surface area (Å²) in [7, 11) is 0. The number of carbonyl (C=O) groups excluding carboxylic acids is 3. The molecule has 2 aromatic carbocycles. The summed E-state index contributed by atoms with van der Waals surface area (Å²) in [6.07, 6.45) is 5.17. The molecule has 38 heavy (non-hydrogen) atoms. The van der Waals surface area contributed by atoms with E-state index in [9.17, 15) is 19.5 Å². The van der Waals surface area contributed by atoms with Crippen LogP contribution in [-0.2, 0) is 16.0 Å². The number of nitrogens with zero attached hydrogens (tertiary/aromatic N) is 3. The van der Waals surface area contributed by atoms with Gasteiger partial charge in [-0.15, -0.1) is 0 Å². The lowest BCUT2D eigenvalue weighted by atomic mass is 9.96. The van der Waals surface area contributed by atoms with Crippen LogP contribution in [0.15, 0.2) is 91.4 Å². The minimum atomic E-state index is -0.805. The van der Waals surface area contributed by atoms with Crippen molar-refractivity contribution in [2.24, 2.45) is 5.92 Å². The van der Waals surface area contributed by atoms with E-state index in [1.165, 1.54) is 16.0 Å². The lowest BCUT2D eigenvalue weighted by Gasteiger charge is -2.41. The topological polar surface area (TPSA) is 103 Å². The summed E-state index contributed by atoms with van der Waals surface area (Å²) in [5.41, 5.74) is 2.49. The standard InChI is InChI=1S/C30H32N4O4/c1-21(2)28-30(38)33(19-27(36)32-25(20-35)16-22-10-5-3-6-11-22)26(23-12-7-4-8-13-23)18-34(28)29(37)24-14-9-15-31-17-24/h3-15,17-18,21,25,28,35H,16,19-20H2,1-2H3,(H,32,36)/t25-,28+/m0/s1. The normalized spacial score (nSPS) is 16.3. The molecule has 1 aromatic heterocycles. The number of rotatable bonds is 9. The van der Waals surface area contributed by atoms with Crippen molar-refractivity contribution in [1.29, 1.82) is 0 Å². The van der Waals surface area contributed by atoms with Gasteiger partial charge in [-0.25, -0.2) is 0 Å². The van der Waals surface area contributed by atoms with Gasteiger partial charge >= 0.3 is 0 Å². The summed E-state index contributed by atoms with van der Waals surface area (Å²) >= 11 is 0. The number of benzene rings is 2.